The monoisotopic (exact) mass is 327 g/mol. The first kappa shape index (κ1) is 16.0. The van der Waals surface area contributed by atoms with E-state index in [0.717, 1.165) is 25.2 Å². The van der Waals surface area contributed by atoms with Gasteiger partial charge in [0.25, 0.3) is 5.91 Å². The lowest BCUT2D eigenvalue weighted by Gasteiger charge is -2.23. The molecule has 1 aromatic carbocycles. The first-order chi connectivity index (χ1) is 8.98. The van der Waals surface area contributed by atoms with Crippen molar-refractivity contribution in [2.75, 3.05) is 11.9 Å². The lowest BCUT2D eigenvalue weighted by molar-refractivity contribution is 0.0921. The zero-order valence-corrected chi connectivity index (χ0v) is 13.4. The summed E-state index contributed by atoms with van der Waals surface area (Å²) in [6.07, 6.45) is 2.16. The predicted octanol–water partition coefficient (Wildman–Crippen LogP) is 3.77. The van der Waals surface area contributed by atoms with Gasteiger partial charge >= 0.3 is 0 Å². The van der Waals surface area contributed by atoms with Crippen LogP contribution in [0, 0.1) is 0 Å². The van der Waals surface area contributed by atoms with E-state index >= 15 is 0 Å². The molecule has 0 aliphatic heterocycles. The van der Waals surface area contributed by atoms with Gasteiger partial charge in [0.15, 0.2) is 0 Å². The van der Waals surface area contributed by atoms with Crippen molar-refractivity contribution in [3.05, 3.63) is 29.8 Å². The van der Waals surface area contributed by atoms with E-state index in [-0.39, 0.29) is 11.4 Å². The Labute approximate surface area is 123 Å². The van der Waals surface area contributed by atoms with Crippen molar-refractivity contribution in [2.45, 2.75) is 39.2 Å². The summed E-state index contributed by atoms with van der Waals surface area (Å²) in [5.74, 6) is 0.745. The van der Waals surface area contributed by atoms with E-state index in [0.29, 0.717) is 10.9 Å². The standard InChI is InChI=1S/C15H22BrNO2/c1-4-5-10-19-13-8-6-12(7-9-13)14(18)17-15(2,3)11-16/h6-9H,4-5,10-11H2,1-3H3,(H,17,18). The van der Waals surface area contributed by atoms with Crippen LogP contribution < -0.4 is 10.1 Å². The number of rotatable bonds is 7. The summed E-state index contributed by atoms with van der Waals surface area (Å²) in [5.41, 5.74) is 0.393. The molecule has 1 rings (SSSR count). The van der Waals surface area contributed by atoms with Gasteiger partial charge in [-0.25, -0.2) is 0 Å². The fourth-order valence-electron chi connectivity index (χ4n) is 1.45. The van der Waals surface area contributed by atoms with E-state index in [1.807, 2.05) is 26.0 Å². The molecule has 0 saturated heterocycles. The van der Waals surface area contributed by atoms with E-state index in [9.17, 15) is 4.79 Å². The van der Waals surface area contributed by atoms with Crippen LogP contribution in [0.4, 0.5) is 0 Å². The van der Waals surface area contributed by atoms with Gasteiger partial charge in [-0.15, -0.1) is 0 Å². The maximum absolute atomic E-state index is 12.0. The molecule has 0 saturated carbocycles. The predicted molar refractivity (Wildman–Crippen MR) is 82.2 cm³/mol. The van der Waals surface area contributed by atoms with E-state index in [1.54, 1.807) is 12.1 Å². The van der Waals surface area contributed by atoms with Gasteiger partial charge in [0.05, 0.1) is 6.61 Å². The SMILES string of the molecule is CCCCOc1ccc(C(=O)NC(C)(C)CBr)cc1. The minimum absolute atomic E-state index is 0.0652. The smallest absolute Gasteiger partial charge is 0.251 e. The van der Waals surface area contributed by atoms with Gasteiger partial charge in [-0.05, 0) is 44.5 Å². The molecule has 0 atom stereocenters. The van der Waals surface area contributed by atoms with Crippen LogP contribution in [0.2, 0.25) is 0 Å². The molecule has 0 spiro atoms. The molecule has 0 heterocycles. The van der Waals surface area contributed by atoms with Gasteiger partial charge in [-0.1, -0.05) is 29.3 Å². The molecule has 0 aliphatic carbocycles. The third-order valence-corrected chi connectivity index (χ3v) is 4.07. The molecule has 1 amide bonds. The normalized spacial score (nSPS) is 11.2. The first-order valence-electron chi connectivity index (χ1n) is 6.60. The molecule has 0 aliphatic rings. The molecule has 1 N–H and O–H groups in total. The fourth-order valence-corrected chi connectivity index (χ4v) is 1.59. The van der Waals surface area contributed by atoms with Crippen LogP contribution in [0.1, 0.15) is 44.0 Å². The van der Waals surface area contributed by atoms with E-state index in [4.69, 9.17) is 4.74 Å². The van der Waals surface area contributed by atoms with Gasteiger partial charge in [0.2, 0.25) is 0 Å². The number of hydrogen-bond donors (Lipinski definition) is 1. The van der Waals surface area contributed by atoms with Crippen LogP contribution in [0.15, 0.2) is 24.3 Å². The topological polar surface area (TPSA) is 38.3 Å². The lowest BCUT2D eigenvalue weighted by atomic mass is 10.1. The average molecular weight is 328 g/mol. The Morgan fingerprint density at radius 1 is 1.32 bits per heavy atom. The summed E-state index contributed by atoms with van der Waals surface area (Å²) in [5, 5.41) is 3.68. The highest BCUT2D eigenvalue weighted by Gasteiger charge is 2.19. The molecule has 19 heavy (non-hydrogen) atoms. The van der Waals surface area contributed by atoms with Crippen LogP contribution in [-0.4, -0.2) is 23.4 Å². The van der Waals surface area contributed by atoms with Gasteiger partial charge in [0.1, 0.15) is 5.75 Å². The highest BCUT2D eigenvalue weighted by Crippen LogP contribution is 2.14. The summed E-state index contributed by atoms with van der Waals surface area (Å²) in [4.78, 5) is 12.0. The van der Waals surface area contributed by atoms with Crippen molar-refractivity contribution in [1.29, 1.82) is 0 Å². The van der Waals surface area contributed by atoms with Crippen molar-refractivity contribution < 1.29 is 9.53 Å². The molecule has 4 heteroatoms. The van der Waals surface area contributed by atoms with E-state index in [1.165, 1.54) is 0 Å². The van der Waals surface area contributed by atoms with Crippen molar-refractivity contribution in [1.82, 2.24) is 5.32 Å². The summed E-state index contributed by atoms with van der Waals surface area (Å²) in [6, 6.07) is 7.26. The Kier molecular flexibility index (Phi) is 6.35. The van der Waals surface area contributed by atoms with Crippen LogP contribution in [-0.2, 0) is 0 Å². The largest absolute Gasteiger partial charge is 0.494 e. The Bertz CT molecular complexity index is 401. The second kappa shape index (κ2) is 7.53. The molecule has 3 nitrogen and oxygen atoms in total. The Morgan fingerprint density at radius 3 is 2.47 bits per heavy atom. The molecule has 0 radical (unpaired) electrons. The number of hydrogen-bond acceptors (Lipinski definition) is 2. The zero-order chi connectivity index (χ0) is 14.3. The molecule has 0 aromatic heterocycles. The molecular formula is C15H22BrNO2. The highest BCUT2D eigenvalue weighted by molar-refractivity contribution is 9.09. The molecular weight excluding hydrogens is 306 g/mol. The Balaban J connectivity index is 2.58. The first-order valence-corrected chi connectivity index (χ1v) is 7.72. The minimum Gasteiger partial charge on any atom is -0.494 e. The number of ether oxygens (including phenoxy) is 1. The highest BCUT2D eigenvalue weighted by atomic mass is 79.9. The lowest BCUT2D eigenvalue weighted by Crippen LogP contribution is -2.44. The maximum Gasteiger partial charge on any atom is 0.251 e. The summed E-state index contributed by atoms with van der Waals surface area (Å²) >= 11 is 3.38. The summed E-state index contributed by atoms with van der Waals surface area (Å²) in [6.45, 7) is 6.80. The van der Waals surface area contributed by atoms with Crippen LogP contribution in [0.5, 0.6) is 5.75 Å². The third kappa shape index (κ3) is 5.64. The Hall–Kier alpha value is -1.03. The number of carbonyl (C=O) groups excluding carboxylic acids is 1. The average Bonchev–Trinajstić information content (AvgIpc) is 2.39. The fraction of sp³-hybridized carbons (Fsp3) is 0.533. The second-order valence-electron chi connectivity index (χ2n) is 5.20. The maximum atomic E-state index is 12.0. The second-order valence-corrected chi connectivity index (χ2v) is 5.76. The number of alkyl halides is 1. The zero-order valence-electron chi connectivity index (χ0n) is 11.8. The number of nitrogens with one attached hydrogen (secondary N) is 1. The van der Waals surface area contributed by atoms with Gasteiger partial charge in [0, 0.05) is 16.4 Å². The van der Waals surface area contributed by atoms with Crippen LogP contribution in [0.3, 0.4) is 0 Å². The number of benzene rings is 1. The third-order valence-electron chi connectivity index (χ3n) is 2.67. The number of unbranched alkanes of at least 4 members (excludes halogenated alkanes) is 1. The van der Waals surface area contributed by atoms with Crippen molar-refractivity contribution >= 4 is 21.8 Å². The van der Waals surface area contributed by atoms with Crippen molar-refractivity contribution in [3.63, 3.8) is 0 Å². The Morgan fingerprint density at radius 2 is 1.95 bits per heavy atom. The van der Waals surface area contributed by atoms with E-state index < -0.39 is 0 Å². The van der Waals surface area contributed by atoms with Crippen molar-refractivity contribution in [3.8, 4) is 5.75 Å². The summed E-state index contributed by atoms with van der Waals surface area (Å²) < 4.78 is 5.56. The van der Waals surface area contributed by atoms with Gasteiger partial charge in [-0.2, -0.15) is 0 Å². The van der Waals surface area contributed by atoms with Gasteiger partial charge in [-0.3, -0.25) is 4.79 Å². The molecule has 0 bridgehead atoms. The quantitative estimate of drug-likeness (QED) is 0.611. The number of halogens is 1. The molecule has 1 aromatic rings. The minimum atomic E-state index is -0.257. The van der Waals surface area contributed by atoms with E-state index in [2.05, 4.69) is 28.2 Å². The van der Waals surface area contributed by atoms with Crippen LogP contribution >= 0.6 is 15.9 Å². The van der Waals surface area contributed by atoms with Crippen molar-refractivity contribution in [2.24, 2.45) is 0 Å². The number of amides is 1. The van der Waals surface area contributed by atoms with Gasteiger partial charge < -0.3 is 10.1 Å². The summed E-state index contributed by atoms with van der Waals surface area (Å²) in [7, 11) is 0. The molecule has 106 valence electrons. The van der Waals surface area contributed by atoms with Crippen LogP contribution in [0.25, 0.3) is 0 Å². The molecule has 0 unspecified atom stereocenters. The molecule has 0 fully saturated rings. The number of carbonyl (C=O) groups is 1.